The number of nitrogens with one attached hydrogen (secondary N) is 2. The predicted molar refractivity (Wildman–Crippen MR) is 94.7 cm³/mol. The molecule has 1 aliphatic carbocycles. The van der Waals surface area contributed by atoms with Gasteiger partial charge in [0, 0.05) is 23.8 Å². The highest BCUT2D eigenvalue weighted by Crippen LogP contribution is 2.30. The molecule has 0 aromatic heterocycles. The number of carbonyl (C=O) groups excluding carboxylic acids is 2. The van der Waals surface area contributed by atoms with E-state index < -0.39 is 0 Å². The zero-order valence-electron chi connectivity index (χ0n) is 13.4. The quantitative estimate of drug-likeness (QED) is 0.764. The van der Waals surface area contributed by atoms with E-state index in [-0.39, 0.29) is 30.2 Å². The third-order valence-electron chi connectivity index (χ3n) is 4.12. The topological polar surface area (TPSA) is 84.2 Å². The Hall–Kier alpha value is -2.66. The largest absolute Gasteiger partial charge is 0.329 e. The number of hydrogen-bond acceptors (Lipinski definition) is 3. The lowest BCUT2D eigenvalue weighted by Crippen LogP contribution is -2.27. The Bertz CT molecular complexity index is 709. The first kappa shape index (κ1) is 16.2. The van der Waals surface area contributed by atoms with Gasteiger partial charge < -0.3 is 16.4 Å². The Morgan fingerprint density at radius 2 is 1.54 bits per heavy atom. The van der Waals surface area contributed by atoms with Crippen LogP contribution < -0.4 is 16.4 Å². The van der Waals surface area contributed by atoms with Gasteiger partial charge in [-0.1, -0.05) is 30.3 Å². The van der Waals surface area contributed by atoms with Gasteiger partial charge in [0.1, 0.15) is 0 Å². The molecule has 0 aliphatic heterocycles. The minimum Gasteiger partial charge on any atom is -0.329 e. The molecule has 1 atom stereocenters. The van der Waals surface area contributed by atoms with Crippen LogP contribution in [0.25, 0.3) is 0 Å². The van der Waals surface area contributed by atoms with E-state index in [0.29, 0.717) is 5.69 Å². The molecule has 2 aromatic carbocycles. The molecule has 0 spiro atoms. The smallest absolute Gasteiger partial charge is 0.233 e. The lowest BCUT2D eigenvalue weighted by Gasteiger charge is -2.15. The number of amides is 2. The summed E-state index contributed by atoms with van der Waals surface area (Å²) in [6.45, 7) is 0.241. The van der Waals surface area contributed by atoms with Crippen LogP contribution in [-0.4, -0.2) is 18.4 Å². The maximum absolute atomic E-state index is 12.4. The summed E-state index contributed by atoms with van der Waals surface area (Å²) < 4.78 is 0. The van der Waals surface area contributed by atoms with Crippen molar-refractivity contribution in [2.45, 2.75) is 18.8 Å². The molecule has 1 aliphatic rings. The summed E-state index contributed by atoms with van der Waals surface area (Å²) in [7, 11) is 0. The SMILES string of the molecule is NCC(C(=O)Nc1ccc(NC(=O)C2CC2)cc1)c1ccccc1. The summed E-state index contributed by atoms with van der Waals surface area (Å²) in [6.07, 6.45) is 1.94. The van der Waals surface area contributed by atoms with E-state index in [1.807, 2.05) is 30.3 Å². The van der Waals surface area contributed by atoms with Crippen molar-refractivity contribution in [2.75, 3.05) is 17.2 Å². The van der Waals surface area contributed by atoms with Gasteiger partial charge in [-0.25, -0.2) is 0 Å². The van der Waals surface area contributed by atoms with Crippen molar-refractivity contribution >= 4 is 23.2 Å². The van der Waals surface area contributed by atoms with E-state index in [0.717, 1.165) is 24.1 Å². The van der Waals surface area contributed by atoms with Gasteiger partial charge in [-0.15, -0.1) is 0 Å². The fourth-order valence-corrected chi connectivity index (χ4v) is 2.54. The number of nitrogens with two attached hydrogens (primary N) is 1. The lowest BCUT2D eigenvalue weighted by atomic mass is 9.98. The van der Waals surface area contributed by atoms with Crippen molar-refractivity contribution in [3.63, 3.8) is 0 Å². The van der Waals surface area contributed by atoms with E-state index >= 15 is 0 Å². The third kappa shape index (κ3) is 4.00. The molecule has 2 amide bonds. The molecule has 124 valence electrons. The molecule has 1 fully saturated rings. The van der Waals surface area contributed by atoms with Gasteiger partial charge in [0.25, 0.3) is 0 Å². The van der Waals surface area contributed by atoms with Gasteiger partial charge in [0.05, 0.1) is 5.92 Å². The van der Waals surface area contributed by atoms with Crippen molar-refractivity contribution < 1.29 is 9.59 Å². The molecule has 0 heterocycles. The number of anilines is 2. The van der Waals surface area contributed by atoms with Crippen LogP contribution in [0, 0.1) is 5.92 Å². The van der Waals surface area contributed by atoms with Gasteiger partial charge >= 0.3 is 0 Å². The van der Waals surface area contributed by atoms with Crippen molar-refractivity contribution in [1.29, 1.82) is 0 Å². The van der Waals surface area contributed by atoms with Crippen LogP contribution in [-0.2, 0) is 9.59 Å². The normalized spacial score (nSPS) is 14.7. The van der Waals surface area contributed by atoms with Gasteiger partial charge in [-0.2, -0.15) is 0 Å². The standard InChI is InChI=1S/C19H21N3O2/c20-12-17(13-4-2-1-3-5-13)19(24)22-16-10-8-15(9-11-16)21-18(23)14-6-7-14/h1-5,8-11,14,17H,6-7,12,20H2,(H,21,23)(H,22,24). The van der Waals surface area contributed by atoms with Gasteiger partial charge in [0.15, 0.2) is 0 Å². The maximum atomic E-state index is 12.4. The second kappa shape index (κ2) is 7.27. The molecule has 4 N–H and O–H groups in total. The minimum atomic E-state index is -0.388. The maximum Gasteiger partial charge on any atom is 0.233 e. The summed E-state index contributed by atoms with van der Waals surface area (Å²) in [5, 5.41) is 5.75. The van der Waals surface area contributed by atoms with Crippen molar-refractivity contribution in [2.24, 2.45) is 11.7 Å². The van der Waals surface area contributed by atoms with Gasteiger partial charge in [-0.05, 0) is 42.7 Å². The average molecular weight is 323 g/mol. The summed E-state index contributed by atoms with van der Waals surface area (Å²) in [5.41, 5.74) is 8.08. The van der Waals surface area contributed by atoms with Gasteiger partial charge in [-0.3, -0.25) is 9.59 Å². The number of carbonyl (C=O) groups is 2. The summed E-state index contributed by atoms with van der Waals surface area (Å²) in [6, 6.07) is 16.6. The van der Waals surface area contributed by atoms with E-state index in [1.54, 1.807) is 24.3 Å². The molecule has 24 heavy (non-hydrogen) atoms. The second-order valence-corrected chi connectivity index (χ2v) is 6.03. The third-order valence-corrected chi connectivity index (χ3v) is 4.12. The Balaban J connectivity index is 1.62. The number of hydrogen-bond donors (Lipinski definition) is 3. The Morgan fingerprint density at radius 1 is 0.958 bits per heavy atom. The van der Waals surface area contributed by atoms with Crippen molar-refractivity contribution in [3.8, 4) is 0 Å². The molecule has 0 saturated heterocycles. The summed E-state index contributed by atoms with van der Waals surface area (Å²) in [4.78, 5) is 24.2. The first-order chi connectivity index (χ1) is 11.7. The zero-order valence-corrected chi connectivity index (χ0v) is 13.4. The van der Waals surface area contributed by atoms with Crippen LogP contribution in [0.15, 0.2) is 54.6 Å². The molecular formula is C19H21N3O2. The molecular weight excluding hydrogens is 302 g/mol. The fourth-order valence-electron chi connectivity index (χ4n) is 2.54. The zero-order chi connectivity index (χ0) is 16.9. The van der Waals surface area contributed by atoms with Crippen LogP contribution in [0.4, 0.5) is 11.4 Å². The monoisotopic (exact) mass is 323 g/mol. The fraction of sp³-hybridized carbons (Fsp3) is 0.263. The van der Waals surface area contributed by atoms with Crippen molar-refractivity contribution in [3.05, 3.63) is 60.2 Å². The Morgan fingerprint density at radius 3 is 2.08 bits per heavy atom. The van der Waals surface area contributed by atoms with Crippen LogP contribution in [0.2, 0.25) is 0 Å². The Kier molecular flexibility index (Phi) is 4.91. The summed E-state index contributed by atoms with van der Waals surface area (Å²) in [5.74, 6) is -0.293. The molecule has 0 bridgehead atoms. The van der Waals surface area contributed by atoms with Crippen molar-refractivity contribution in [1.82, 2.24) is 0 Å². The average Bonchev–Trinajstić information content (AvgIpc) is 3.43. The van der Waals surface area contributed by atoms with Crippen LogP contribution in [0.3, 0.4) is 0 Å². The van der Waals surface area contributed by atoms with E-state index in [1.165, 1.54) is 0 Å². The van der Waals surface area contributed by atoms with E-state index in [4.69, 9.17) is 5.73 Å². The first-order valence-electron chi connectivity index (χ1n) is 8.14. The van der Waals surface area contributed by atoms with E-state index in [2.05, 4.69) is 10.6 Å². The molecule has 1 unspecified atom stereocenters. The first-order valence-corrected chi connectivity index (χ1v) is 8.14. The lowest BCUT2D eigenvalue weighted by molar-refractivity contribution is -0.118. The van der Waals surface area contributed by atoms with E-state index in [9.17, 15) is 9.59 Å². The highest BCUT2D eigenvalue weighted by Gasteiger charge is 2.29. The number of rotatable bonds is 6. The highest BCUT2D eigenvalue weighted by molar-refractivity contribution is 5.97. The molecule has 5 heteroatoms. The molecule has 2 aromatic rings. The van der Waals surface area contributed by atoms with Crippen LogP contribution in [0.5, 0.6) is 0 Å². The molecule has 3 rings (SSSR count). The molecule has 5 nitrogen and oxygen atoms in total. The predicted octanol–water partition coefficient (Wildman–Crippen LogP) is 2.72. The minimum absolute atomic E-state index is 0.0686. The van der Waals surface area contributed by atoms with Crippen LogP contribution in [0.1, 0.15) is 24.3 Å². The second-order valence-electron chi connectivity index (χ2n) is 6.03. The number of benzene rings is 2. The summed E-state index contributed by atoms with van der Waals surface area (Å²) >= 11 is 0. The Labute approximate surface area is 141 Å². The molecule has 1 saturated carbocycles. The van der Waals surface area contributed by atoms with Gasteiger partial charge in [0.2, 0.25) is 11.8 Å². The molecule has 0 radical (unpaired) electrons. The highest BCUT2D eigenvalue weighted by atomic mass is 16.2. The van der Waals surface area contributed by atoms with Crippen LogP contribution >= 0.6 is 0 Å².